The van der Waals surface area contributed by atoms with E-state index in [1.54, 1.807) is 12.1 Å². The second-order valence-corrected chi connectivity index (χ2v) is 7.20. The number of imide groups is 1. The highest BCUT2D eigenvalue weighted by molar-refractivity contribution is 6.25. The fourth-order valence-corrected chi connectivity index (χ4v) is 3.71. The largest absolute Gasteiger partial charge is 0.486 e. The number of fused-ring (bicyclic) bond motifs is 2. The summed E-state index contributed by atoms with van der Waals surface area (Å²) in [6, 6.07) is 5.04. The third kappa shape index (κ3) is 3.29. The fourth-order valence-electron chi connectivity index (χ4n) is 3.71. The highest BCUT2D eigenvalue weighted by Gasteiger charge is 2.55. The molecule has 2 atom stereocenters. The second-order valence-electron chi connectivity index (χ2n) is 7.20. The Balaban J connectivity index is 1.33. The first-order valence-corrected chi connectivity index (χ1v) is 9.62. The van der Waals surface area contributed by atoms with E-state index in [-0.39, 0.29) is 11.4 Å². The molecule has 164 valence electrons. The molecule has 5 rings (SSSR count). The Morgan fingerprint density at radius 3 is 2.66 bits per heavy atom. The molecular weight excluding hydrogens is 428 g/mol. The number of ether oxygens (including phenoxy) is 2. The molecule has 1 N–H and O–H groups in total. The van der Waals surface area contributed by atoms with Crippen LogP contribution in [0.3, 0.4) is 0 Å². The molecule has 3 aliphatic rings. The third-order valence-corrected chi connectivity index (χ3v) is 5.15. The van der Waals surface area contributed by atoms with Gasteiger partial charge in [0.2, 0.25) is 5.91 Å². The van der Waals surface area contributed by atoms with Crippen molar-refractivity contribution in [2.75, 3.05) is 30.0 Å². The van der Waals surface area contributed by atoms with E-state index in [1.807, 2.05) is 0 Å². The van der Waals surface area contributed by atoms with Crippen LogP contribution in [0.2, 0.25) is 0 Å². The van der Waals surface area contributed by atoms with E-state index in [1.165, 1.54) is 6.07 Å². The second kappa shape index (κ2) is 7.55. The van der Waals surface area contributed by atoms with Crippen LogP contribution in [-0.4, -0.2) is 54.6 Å². The molecule has 0 radical (unpaired) electrons. The molecule has 2 aromatic rings. The number of carbonyl (C=O) groups is 3. The number of hydrogen-bond acceptors (Lipinski definition) is 8. The normalized spacial score (nSPS) is 21.2. The molecule has 1 fully saturated rings. The summed E-state index contributed by atoms with van der Waals surface area (Å²) in [7, 11) is 0. The number of amides is 3. The van der Waals surface area contributed by atoms with Gasteiger partial charge in [-0.1, -0.05) is 5.22 Å². The molecule has 0 spiro atoms. The first-order valence-electron chi connectivity index (χ1n) is 9.62. The van der Waals surface area contributed by atoms with E-state index in [9.17, 15) is 23.2 Å². The predicted molar refractivity (Wildman–Crippen MR) is 104 cm³/mol. The third-order valence-electron chi connectivity index (χ3n) is 5.15. The molecule has 3 heterocycles. The van der Waals surface area contributed by atoms with Crippen molar-refractivity contribution in [2.24, 2.45) is 10.3 Å². The van der Waals surface area contributed by atoms with E-state index >= 15 is 0 Å². The van der Waals surface area contributed by atoms with Crippen LogP contribution in [0.4, 0.5) is 20.2 Å². The summed E-state index contributed by atoms with van der Waals surface area (Å²) in [6.07, 6.45) is 0. The molecule has 0 saturated carbocycles. The van der Waals surface area contributed by atoms with Crippen molar-refractivity contribution in [3.8, 4) is 11.5 Å². The van der Waals surface area contributed by atoms with E-state index in [4.69, 9.17) is 9.47 Å². The molecule has 0 aromatic heterocycles. The van der Waals surface area contributed by atoms with Gasteiger partial charge in [0.25, 0.3) is 11.8 Å². The number of carbonyl (C=O) groups excluding carboxylic acids is 3. The maximum absolute atomic E-state index is 13.8. The van der Waals surface area contributed by atoms with Crippen molar-refractivity contribution in [1.82, 2.24) is 5.01 Å². The first kappa shape index (κ1) is 19.8. The van der Waals surface area contributed by atoms with Crippen molar-refractivity contribution in [2.45, 2.75) is 12.1 Å². The van der Waals surface area contributed by atoms with Crippen LogP contribution in [0.15, 0.2) is 46.7 Å². The van der Waals surface area contributed by atoms with Gasteiger partial charge in [-0.3, -0.25) is 19.4 Å². The first-order chi connectivity index (χ1) is 15.4. The minimum atomic E-state index is -1.13. The minimum Gasteiger partial charge on any atom is -0.486 e. The molecule has 0 bridgehead atoms. The number of halogens is 2. The molecule has 32 heavy (non-hydrogen) atoms. The molecule has 2 aromatic carbocycles. The van der Waals surface area contributed by atoms with E-state index in [2.05, 4.69) is 15.7 Å². The fraction of sp³-hybridized carbons (Fsp3) is 0.250. The van der Waals surface area contributed by atoms with Crippen molar-refractivity contribution in [1.29, 1.82) is 0 Å². The highest BCUT2D eigenvalue weighted by Crippen LogP contribution is 2.37. The Hall–Kier alpha value is -4.09. The molecule has 0 unspecified atom stereocenters. The average molecular weight is 443 g/mol. The van der Waals surface area contributed by atoms with Gasteiger partial charge >= 0.3 is 0 Å². The van der Waals surface area contributed by atoms with Crippen molar-refractivity contribution >= 4 is 29.1 Å². The SMILES string of the molecule is O=C(CN1N=N[C@@H]2C(=O)N(c3ccc4c(c3)OCCO4)C(=O)[C@@H]21)Nc1cc(F)ccc1F. The van der Waals surface area contributed by atoms with E-state index in [0.717, 1.165) is 28.1 Å². The van der Waals surface area contributed by atoms with Gasteiger partial charge in [0.05, 0.1) is 11.4 Å². The zero-order valence-electron chi connectivity index (χ0n) is 16.3. The van der Waals surface area contributed by atoms with Crippen LogP contribution < -0.4 is 19.7 Å². The summed E-state index contributed by atoms with van der Waals surface area (Å²) in [5.41, 5.74) is -0.0745. The van der Waals surface area contributed by atoms with Gasteiger partial charge in [-0.25, -0.2) is 13.7 Å². The number of rotatable bonds is 4. The lowest BCUT2D eigenvalue weighted by Crippen LogP contribution is -2.43. The summed E-state index contributed by atoms with van der Waals surface area (Å²) in [5, 5.41) is 10.9. The van der Waals surface area contributed by atoms with Crippen LogP contribution in [0, 0.1) is 11.6 Å². The minimum absolute atomic E-state index is 0.278. The zero-order valence-corrected chi connectivity index (χ0v) is 16.3. The van der Waals surface area contributed by atoms with Gasteiger partial charge in [0, 0.05) is 12.1 Å². The average Bonchev–Trinajstić information content (AvgIpc) is 3.29. The van der Waals surface area contributed by atoms with Gasteiger partial charge < -0.3 is 14.8 Å². The van der Waals surface area contributed by atoms with Gasteiger partial charge in [0.15, 0.2) is 23.6 Å². The van der Waals surface area contributed by atoms with Gasteiger partial charge in [-0.05, 0) is 24.3 Å². The molecule has 10 nitrogen and oxygen atoms in total. The van der Waals surface area contributed by atoms with Crippen molar-refractivity contribution < 1.29 is 32.6 Å². The predicted octanol–water partition coefficient (Wildman–Crippen LogP) is 1.67. The van der Waals surface area contributed by atoms with Crippen LogP contribution in [0.5, 0.6) is 11.5 Å². The molecule has 3 aliphatic heterocycles. The summed E-state index contributed by atoms with van der Waals surface area (Å²) >= 11 is 0. The zero-order chi connectivity index (χ0) is 22.4. The van der Waals surface area contributed by atoms with Gasteiger partial charge in [-0.15, -0.1) is 0 Å². The van der Waals surface area contributed by atoms with Crippen molar-refractivity contribution in [3.63, 3.8) is 0 Å². The Morgan fingerprint density at radius 2 is 1.84 bits per heavy atom. The van der Waals surface area contributed by atoms with Crippen LogP contribution in [0.25, 0.3) is 0 Å². The lowest BCUT2D eigenvalue weighted by molar-refractivity contribution is -0.123. The smallest absolute Gasteiger partial charge is 0.263 e. The summed E-state index contributed by atoms with van der Waals surface area (Å²) < 4.78 is 38.0. The standard InChI is InChI=1S/C20H15F2N5O5/c21-10-1-3-12(22)13(7-10)23-16(28)9-26-18-17(24-25-26)19(29)27(20(18)30)11-2-4-14-15(8-11)32-6-5-31-14/h1-4,7-8,17-18H,5-6,9H2,(H,23,28)/t17-,18+/m0/s1. The summed E-state index contributed by atoms with van der Waals surface area (Å²) in [5.74, 6) is -2.62. The molecule has 3 amide bonds. The van der Waals surface area contributed by atoms with Crippen molar-refractivity contribution in [3.05, 3.63) is 48.0 Å². The molecular formula is C20H15F2N5O5. The number of benzene rings is 2. The summed E-state index contributed by atoms with van der Waals surface area (Å²) in [4.78, 5) is 39.2. The lowest BCUT2D eigenvalue weighted by atomic mass is 10.1. The lowest BCUT2D eigenvalue weighted by Gasteiger charge is -2.22. The van der Waals surface area contributed by atoms with Gasteiger partial charge in [0.1, 0.15) is 31.4 Å². The molecule has 12 heteroatoms. The Labute approximate surface area is 179 Å². The number of anilines is 2. The maximum atomic E-state index is 13.8. The molecule has 0 aliphatic carbocycles. The Kier molecular flexibility index (Phi) is 4.68. The number of hydrogen-bond donors (Lipinski definition) is 1. The topological polar surface area (TPSA) is 113 Å². The highest BCUT2D eigenvalue weighted by atomic mass is 19.1. The Morgan fingerprint density at radius 1 is 1.06 bits per heavy atom. The maximum Gasteiger partial charge on any atom is 0.263 e. The van der Waals surface area contributed by atoms with Crippen LogP contribution in [-0.2, 0) is 14.4 Å². The Bertz CT molecular complexity index is 1170. The molecule has 1 saturated heterocycles. The number of nitrogens with one attached hydrogen (secondary N) is 1. The van der Waals surface area contributed by atoms with Gasteiger partial charge in [-0.2, -0.15) is 5.11 Å². The quantitative estimate of drug-likeness (QED) is 0.720. The van der Waals surface area contributed by atoms with E-state index < -0.39 is 48.0 Å². The summed E-state index contributed by atoms with van der Waals surface area (Å²) in [6.45, 7) is 0.246. The van der Waals surface area contributed by atoms with Crippen LogP contribution >= 0.6 is 0 Å². The van der Waals surface area contributed by atoms with E-state index in [0.29, 0.717) is 24.7 Å². The monoisotopic (exact) mass is 443 g/mol. The number of nitrogens with zero attached hydrogens (tertiary/aromatic N) is 4. The van der Waals surface area contributed by atoms with Crippen LogP contribution in [0.1, 0.15) is 0 Å².